The summed E-state index contributed by atoms with van der Waals surface area (Å²) in [6.45, 7) is 1.58. The highest BCUT2D eigenvalue weighted by atomic mass is 35.5. The van der Waals surface area contributed by atoms with Gasteiger partial charge in [-0.2, -0.15) is 0 Å². The maximum Gasteiger partial charge on any atom is 0.347 e. The van der Waals surface area contributed by atoms with Gasteiger partial charge in [-0.1, -0.05) is 11.6 Å². The molecule has 0 saturated heterocycles. The minimum atomic E-state index is -0.676. The third kappa shape index (κ3) is 1.43. The Morgan fingerprint density at radius 2 is 1.93 bits per heavy atom. The van der Waals surface area contributed by atoms with Gasteiger partial charge in [0.25, 0.3) is 0 Å². The molecule has 78 valence electrons. The van der Waals surface area contributed by atoms with Crippen LogP contribution in [0, 0.1) is 6.92 Å². The van der Waals surface area contributed by atoms with E-state index in [4.69, 9.17) is 16.0 Å². The second-order valence-corrected chi connectivity index (χ2v) is 3.54. The zero-order valence-electron chi connectivity index (χ0n) is 7.74. The van der Waals surface area contributed by atoms with Crippen LogP contribution in [0.2, 0.25) is 5.02 Å². The predicted octanol–water partition coefficient (Wildman–Crippen LogP) is 2.17. The third-order valence-corrected chi connectivity index (χ3v) is 2.46. The van der Waals surface area contributed by atoms with Crippen molar-refractivity contribution in [1.82, 2.24) is 0 Å². The van der Waals surface area contributed by atoms with E-state index in [-0.39, 0.29) is 27.3 Å². The molecule has 1 aromatic carbocycles. The summed E-state index contributed by atoms with van der Waals surface area (Å²) in [5.74, 6) is -0.258. The summed E-state index contributed by atoms with van der Waals surface area (Å²) in [7, 11) is 0. The van der Waals surface area contributed by atoms with Crippen molar-refractivity contribution in [2.24, 2.45) is 0 Å². The van der Waals surface area contributed by atoms with Gasteiger partial charge < -0.3 is 14.6 Å². The van der Waals surface area contributed by atoms with Crippen LogP contribution >= 0.6 is 11.6 Å². The van der Waals surface area contributed by atoms with Crippen LogP contribution in [0.1, 0.15) is 5.76 Å². The van der Waals surface area contributed by atoms with Crippen molar-refractivity contribution >= 4 is 22.4 Å². The van der Waals surface area contributed by atoms with Crippen molar-refractivity contribution in [2.45, 2.75) is 6.92 Å². The van der Waals surface area contributed by atoms with Crippen LogP contribution in [-0.4, -0.2) is 10.2 Å². The van der Waals surface area contributed by atoms with Crippen molar-refractivity contribution in [3.05, 3.63) is 33.3 Å². The van der Waals surface area contributed by atoms with E-state index >= 15 is 0 Å². The Morgan fingerprint density at radius 3 is 2.60 bits per heavy atom. The van der Waals surface area contributed by atoms with Crippen molar-refractivity contribution in [3.8, 4) is 11.5 Å². The van der Waals surface area contributed by atoms with E-state index in [9.17, 15) is 15.0 Å². The van der Waals surface area contributed by atoms with E-state index in [0.717, 1.165) is 6.07 Å². The van der Waals surface area contributed by atoms with Crippen LogP contribution in [0.15, 0.2) is 21.3 Å². The van der Waals surface area contributed by atoms with E-state index in [1.54, 1.807) is 6.92 Å². The number of hydrogen-bond acceptors (Lipinski definition) is 4. The molecule has 0 aliphatic heterocycles. The average Bonchev–Trinajstić information content (AvgIpc) is 2.12. The minimum Gasteiger partial charge on any atom is -0.507 e. The van der Waals surface area contributed by atoms with E-state index in [0.29, 0.717) is 5.76 Å². The van der Waals surface area contributed by atoms with Crippen molar-refractivity contribution in [2.75, 3.05) is 0 Å². The van der Waals surface area contributed by atoms with Gasteiger partial charge in [0.05, 0.1) is 5.02 Å². The lowest BCUT2D eigenvalue weighted by molar-refractivity contribution is 0.449. The Kier molecular flexibility index (Phi) is 2.08. The lowest BCUT2D eigenvalue weighted by Crippen LogP contribution is -2.00. The third-order valence-electron chi connectivity index (χ3n) is 2.07. The van der Waals surface area contributed by atoms with E-state index in [1.807, 2.05) is 0 Å². The molecular formula is C10H7ClO4. The van der Waals surface area contributed by atoms with Crippen LogP contribution in [0.25, 0.3) is 10.8 Å². The molecule has 2 rings (SSSR count). The summed E-state index contributed by atoms with van der Waals surface area (Å²) in [5, 5.41) is 19.1. The standard InChI is InChI=1S/C10H7ClO4/c1-4-2-5-8(10(14)15-4)6(12)3-7(13)9(5)11/h2-3,12-13H,1H3. The first kappa shape index (κ1) is 9.86. The molecule has 15 heavy (non-hydrogen) atoms. The van der Waals surface area contributed by atoms with E-state index in [2.05, 4.69) is 0 Å². The Labute approximate surface area is 89.3 Å². The molecule has 1 heterocycles. The predicted molar refractivity (Wildman–Crippen MR) is 55.6 cm³/mol. The first-order chi connectivity index (χ1) is 7.00. The van der Waals surface area contributed by atoms with Crippen LogP contribution in [0.3, 0.4) is 0 Å². The molecule has 0 fully saturated rings. The Hall–Kier alpha value is -1.68. The van der Waals surface area contributed by atoms with Gasteiger partial charge in [-0.15, -0.1) is 0 Å². The average molecular weight is 227 g/mol. The van der Waals surface area contributed by atoms with Crippen molar-refractivity contribution in [1.29, 1.82) is 0 Å². The van der Waals surface area contributed by atoms with Crippen molar-refractivity contribution < 1.29 is 14.6 Å². The maximum atomic E-state index is 11.4. The summed E-state index contributed by atoms with van der Waals surface area (Å²) in [6.07, 6.45) is 0. The summed E-state index contributed by atoms with van der Waals surface area (Å²) in [6, 6.07) is 2.50. The molecule has 0 spiro atoms. The molecule has 0 aliphatic carbocycles. The number of aryl methyl sites for hydroxylation is 1. The molecule has 0 unspecified atom stereocenters. The molecule has 1 aromatic heterocycles. The number of halogens is 1. The topological polar surface area (TPSA) is 70.7 Å². The lowest BCUT2D eigenvalue weighted by atomic mass is 10.1. The molecular weight excluding hydrogens is 220 g/mol. The van der Waals surface area contributed by atoms with Gasteiger partial charge in [-0.3, -0.25) is 0 Å². The summed E-state index contributed by atoms with van der Waals surface area (Å²) in [5.41, 5.74) is -0.676. The van der Waals surface area contributed by atoms with E-state index < -0.39 is 5.63 Å². The normalized spacial score (nSPS) is 10.8. The molecule has 0 bridgehead atoms. The van der Waals surface area contributed by atoms with E-state index in [1.165, 1.54) is 6.07 Å². The second kappa shape index (κ2) is 3.17. The van der Waals surface area contributed by atoms with Gasteiger partial charge in [0.2, 0.25) is 0 Å². The Balaban J connectivity index is 3.10. The first-order valence-electron chi connectivity index (χ1n) is 4.15. The number of phenols is 2. The summed E-state index contributed by atoms with van der Waals surface area (Å²) in [4.78, 5) is 11.4. The maximum absolute atomic E-state index is 11.4. The fraction of sp³-hybridized carbons (Fsp3) is 0.100. The van der Waals surface area contributed by atoms with Gasteiger partial charge in [0.1, 0.15) is 22.6 Å². The molecule has 0 radical (unpaired) electrons. The zero-order chi connectivity index (χ0) is 11.2. The highest BCUT2D eigenvalue weighted by Crippen LogP contribution is 2.36. The smallest absolute Gasteiger partial charge is 0.347 e. The molecule has 4 nitrogen and oxygen atoms in total. The molecule has 2 aromatic rings. The van der Waals surface area contributed by atoms with Crippen molar-refractivity contribution in [3.63, 3.8) is 0 Å². The lowest BCUT2D eigenvalue weighted by Gasteiger charge is -2.04. The molecule has 0 atom stereocenters. The van der Waals surface area contributed by atoms with Crippen LogP contribution in [0.5, 0.6) is 11.5 Å². The number of benzene rings is 1. The number of rotatable bonds is 0. The van der Waals surface area contributed by atoms with Gasteiger partial charge >= 0.3 is 5.63 Å². The van der Waals surface area contributed by atoms with Gasteiger partial charge in [-0.25, -0.2) is 4.79 Å². The largest absolute Gasteiger partial charge is 0.507 e. The highest BCUT2D eigenvalue weighted by molar-refractivity contribution is 6.37. The van der Waals surface area contributed by atoms with Gasteiger partial charge in [0, 0.05) is 11.5 Å². The SMILES string of the molecule is Cc1cc2c(Cl)c(O)cc(O)c2c(=O)o1. The monoisotopic (exact) mass is 226 g/mol. The number of fused-ring (bicyclic) bond motifs is 1. The van der Waals surface area contributed by atoms with Crippen LogP contribution in [0.4, 0.5) is 0 Å². The summed E-state index contributed by atoms with van der Waals surface area (Å²) >= 11 is 5.80. The minimum absolute atomic E-state index is 0.0246. The first-order valence-corrected chi connectivity index (χ1v) is 4.53. The molecule has 0 aliphatic rings. The highest BCUT2D eigenvalue weighted by Gasteiger charge is 2.14. The zero-order valence-corrected chi connectivity index (χ0v) is 8.50. The summed E-state index contributed by atoms with van der Waals surface area (Å²) < 4.78 is 4.81. The number of aromatic hydroxyl groups is 2. The fourth-order valence-corrected chi connectivity index (χ4v) is 1.63. The van der Waals surface area contributed by atoms with Crippen LogP contribution in [-0.2, 0) is 0 Å². The number of hydrogen-bond donors (Lipinski definition) is 2. The molecule has 2 N–H and O–H groups in total. The fourth-order valence-electron chi connectivity index (χ4n) is 1.43. The Morgan fingerprint density at radius 1 is 1.27 bits per heavy atom. The molecule has 5 heteroatoms. The number of phenolic OH excluding ortho intramolecular Hbond substituents is 2. The molecule has 0 amide bonds. The Bertz CT molecular complexity index is 600. The van der Waals surface area contributed by atoms with Gasteiger partial charge in [0.15, 0.2) is 0 Å². The van der Waals surface area contributed by atoms with Gasteiger partial charge in [-0.05, 0) is 13.0 Å². The molecule has 0 saturated carbocycles. The quantitative estimate of drug-likeness (QED) is 0.722. The second-order valence-electron chi connectivity index (χ2n) is 3.16. The van der Waals surface area contributed by atoms with Crippen LogP contribution < -0.4 is 5.63 Å².